The number of benzene rings is 2. The first-order valence-electron chi connectivity index (χ1n) is 10.5. The van der Waals surface area contributed by atoms with Crippen LogP contribution in [-0.4, -0.2) is 34.8 Å². The van der Waals surface area contributed by atoms with Gasteiger partial charge in [0.15, 0.2) is 17.6 Å². The first-order chi connectivity index (χ1) is 16.2. The topological polar surface area (TPSA) is 127 Å². The molecule has 10 nitrogen and oxygen atoms in total. The number of nitro groups is 1. The van der Waals surface area contributed by atoms with Crippen LogP contribution in [0, 0.1) is 16.0 Å². The van der Waals surface area contributed by atoms with Crippen LogP contribution in [0.1, 0.15) is 49.5 Å². The summed E-state index contributed by atoms with van der Waals surface area (Å²) < 4.78 is 22.1. The van der Waals surface area contributed by atoms with E-state index in [0.29, 0.717) is 29.6 Å². The summed E-state index contributed by atoms with van der Waals surface area (Å²) in [4.78, 5) is 23.0. The maximum absolute atomic E-state index is 12.7. The maximum Gasteiger partial charge on any atom is 0.339 e. The van der Waals surface area contributed by atoms with Gasteiger partial charge in [0.2, 0.25) is 5.89 Å². The molecule has 3 aromatic rings. The number of nitro benzene ring substituents is 1. The third kappa shape index (κ3) is 6.02. The van der Waals surface area contributed by atoms with Crippen LogP contribution in [0.4, 0.5) is 5.69 Å². The number of nitrogens with zero attached hydrogens (tertiary/aromatic N) is 3. The highest BCUT2D eigenvalue weighted by Crippen LogP contribution is 2.37. The summed E-state index contributed by atoms with van der Waals surface area (Å²) in [5, 5.41) is 18.9. The number of non-ortho nitro benzene ring substituents is 1. The van der Waals surface area contributed by atoms with E-state index in [1.165, 1.54) is 43.5 Å². The summed E-state index contributed by atoms with van der Waals surface area (Å²) in [6.45, 7) is 6.21. The molecular weight excluding hydrogens is 466 g/mol. The minimum Gasteiger partial charge on any atom is -0.493 e. The van der Waals surface area contributed by atoms with Crippen molar-refractivity contribution in [2.45, 2.75) is 33.3 Å². The van der Waals surface area contributed by atoms with Gasteiger partial charge in [0.05, 0.1) is 29.2 Å². The number of aromatic nitrogens is 2. The second-order valence-electron chi connectivity index (χ2n) is 7.82. The predicted molar refractivity (Wildman–Crippen MR) is 123 cm³/mol. The zero-order chi connectivity index (χ0) is 24.8. The maximum atomic E-state index is 12.7. The van der Waals surface area contributed by atoms with Crippen molar-refractivity contribution < 1.29 is 28.3 Å². The van der Waals surface area contributed by atoms with Gasteiger partial charge in [-0.2, -0.15) is 0 Å². The molecular formula is C23H24ClN3O7. The lowest BCUT2D eigenvalue weighted by atomic mass is 10.1. The molecule has 2 aromatic carbocycles. The average Bonchev–Trinajstić information content (AvgIpc) is 3.30. The number of esters is 1. The molecule has 0 saturated heterocycles. The molecule has 0 amide bonds. The van der Waals surface area contributed by atoms with Crippen LogP contribution in [0.3, 0.4) is 0 Å². The van der Waals surface area contributed by atoms with Crippen molar-refractivity contribution >= 4 is 23.3 Å². The molecule has 0 saturated carbocycles. The fourth-order valence-electron chi connectivity index (χ4n) is 2.89. The Morgan fingerprint density at radius 3 is 2.50 bits per heavy atom. The van der Waals surface area contributed by atoms with E-state index in [9.17, 15) is 14.9 Å². The van der Waals surface area contributed by atoms with Crippen molar-refractivity contribution in [3.8, 4) is 23.0 Å². The summed E-state index contributed by atoms with van der Waals surface area (Å²) in [7, 11) is 1.46. The molecule has 1 heterocycles. The second kappa shape index (κ2) is 11.0. The normalized spacial score (nSPS) is 11.8. The summed E-state index contributed by atoms with van der Waals surface area (Å²) in [5.41, 5.74) is 0.601. The number of halogens is 1. The van der Waals surface area contributed by atoms with Crippen molar-refractivity contribution in [3.05, 3.63) is 63.0 Å². The lowest BCUT2D eigenvalue weighted by molar-refractivity contribution is -0.384. The molecule has 1 aromatic heterocycles. The summed E-state index contributed by atoms with van der Waals surface area (Å²) >= 11 is 6.33. The van der Waals surface area contributed by atoms with Crippen LogP contribution in [0.25, 0.3) is 11.5 Å². The third-order valence-electron chi connectivity index (χ3n) is 4.80. The van der Waals surface area contributed by atoms with Crippen molar-refractivity contribution in [2.75, 3.05) is 13.7 Å². The Kier molecular flexibility index (Phi) is 8.06. The smallest absolute Gasteiger partial charge is 0.339 e. The van der Waals surface area contributed by atoms with Crippen molar-refractivity contribution in [2.24, 2.45) is 5.92 Å². The lowest BCUT2D eigenvalue weighted by Gasteiger charge is -2.15. The molecule has 0 bridgehead atoms. The van der Waals surface area contributed by atoms with Crippen molar-refractivity contribution in [1.82, 2.24) is 10.2 Å². The number of ether oxygens (including phenoxy) is 3. The number of rotatable bonds is 10. The molecule has 0 fully saturated rings. The van der Waals surface area contributed by atoms with Gasteiger partial charge in [0.1, 0.15) is 0 Å². The van der Waals surface area contributed by atoms with Gasteiger partial charge in [-0.05, 0) is 43.5 Å². The molecule has 1 atom stereocenters. The predicted octanol–water partition coefficient (Wildman–Crippen LogP) is 5.65. The van der Waals surface area contributed by atoms with E-state index >= 15 is 0 Å². The fraction of sp³-hybridized carbons (Fsp3) is 0.348. The van der Waals surface area contributed by atoms with E-state index in [1.54, 1.807) is 6.92 Å². The number of hydrogen-bond donors (Lipinski definition) is 0. The van der Waals surface area contributed by atoms with Gasteiger partial charge >= 0.3 is 5.97 Å². The van der Waals surface area contributed by atoms with Gasteiger partial charge in [-0.25, -0.2) is 4.79 Å². The highest BCUT2D eigenvalue weighted by Gasteiger charge is 2.23. The highest BCUT2D eigenvalue weighted by molar-refractivity contribution is 6.32. The molecule has 0 aliphatic carbocycles. The first kappa shape index (κ1) is 25.0. The van der Waals surface area contributed by atoms with Gasteiger partial charge in [-0.15, -0.1) is 10.2 Å². The largest absolute Gasteiger partial charge is 0.493 e. The molecule has 0 aliphatic rings. The molecule has 0 radical (unpaired) electrons. The molecule has 180 valence electrons. The summed E-state index contributed by atoms with van der Waals surface area (Å²) in [5.74, 6) is 0.671. The van der Waals surface area contributed by atoms with E-state index < -0.39 is 17.0 Å². The molecule has 1 unspecified atom stereocenters. The van der Waals surface area contributed by atoms with E-state index in [1.807, 2.05) is 0 Å². The quantitative estimate of drug-likeness (QED) is 0.201. The SMILES string of the molecule is COc1cc(C(=O)OC(C)c2nnc(-c3ccc([N+](=O)[O-])cc3)o2)cc(Cl)c1OCCC(C)C. The Morgan fingerprint density at radius 2 is 1.88 bits per heavy atom. The Morgan fingerprint density at radius 1 is 1.18 bits per heavy atom. The molecule has 0 N–H and O–H groups in total. The highest BCUT2D eigenvalue weighted by atomic mass is 35.5. The zero-order valence-electron chi connectivity index (χ0n) is 19.1. The van der Waals surface area contributed by atoms with Gasteiger partial charge < -0.3 is 18.6 Å². The van der Waals surface area contributed by atoms with Gasteiger partial charge in [0.25, 0.3) is 11.6 Å². The number of carbonyl (C=O) groups excluding carboxylic acids is 1. The van der Waals surface area contributed by atoms with Crippen LogP contribution >= 0.6 is 11.6 Å². The van der Waals surface area contributed by atoms with E-state index in [2.05, 4.69) is 24.0 Å². The second-order valence-corrected chi connectivity index (χ2v) is 8.22. The van der Waals surface area contributed by atoms with Crippen LogP contribution < -0.4 is 9.47 Å². The minimum atomic E-state index is -0.862. The Labute approximate surface area is 200 Å². The van der Waals surface area contributed by atoms with Crippen molar-refractivity contribution in [3.63, 3.8) is 0 Å². The number of methoxy groups -OCH3 is 1. The minimum absolute atomic E-state index is 0.0591. The summed E-state index contributed by atoms with van der Waals surface area (Å²) in [6.07, 6.45) is -0.0224. The Balaban J connectivity index is 1.70. The van der Waals surface area contributed by atoms with E-state index in [4.69, 9.17) is 30.2 Å². The van der Waals surface area contributed by atoms with Crippen LogP contribution in [0.2, 0.25) is 5.02 Å². The first-order valence-corrected chi connectivity index (χ1v) is 10.9. The molecule has 11 heteroatoms. The van der Waals surface area contributed by atoms with Gasteiger partial charge in [-0.3, -0.25) is 10.1 Å². The van der Waals surface area contributed by atoms with Gasteiger partial charge in [0, 0.05) is 17.7 Å². The van der Waals surface area contributed by atoms with Crippen LogP contribution in [-0.2, 0) is 4.74 Å². The molecule has 0 aliphatic heterocycles. The molecule has 0 spiro atoms. The van der Waals surface area contributed by atoms with Gasteiger partial charge in [-0.1, -0.05) is 25.4 Å². The molecule has 3 rings (SSSR count). The lowest BCUT2D eigenvalue weighted by Crippen LogP contribution is -2.10. The standard InChI is InChI=1S/C23H24ClN3O7/c1-13(2)9-10-32-20-18(24)11-16(12-19(20)31-4)23(28)33-14(3)21-25-26-22(34-21)15-5-7-17(8-6-15)27(29)30/h5-8,11-14H,9-10H2,1-4H3. The van der Waals surface area contributed by atoms with Crippen molar-refractivity contribution in [1.29, 1.82) is 0 Å². The van der Waals surface area contributed by atoms with Crippen LogP contribution in [0.15, 0.2) is 40.8 Å². The van der Waals surface area contributed by atoms with E-state index in [-0.39, 0.29) is 28.1 Å². The van der Waals surface area contributed by atoms with Crippen LogP contribution in [0.5, 0.6) is 11.5 Å². The zero-order valence-corrected chi connectivity index (χ0v) is 19.9. The number of carbonyl (C=O) groups is 1. The fourth-order valence-corrected chi connectivity index (χ4v) is 3.16. The number of hydrogen-bond acceptors (Lipinski definition) is 9. The third-order valence-corrected chi connectivity index (χ3v) is 5.08. The molecule has 34 heavy (non-hydrogen) atoms. The monoisotopic (exact) mass is 489 g/mol. The van der Waals surface area contributed by atoms with E-state index in [0.717, 1.165) is 6.42 Å². The Hall–Kier alpha value is -3.66. The summed E-state index contributed by atoms with van der Waals surface area (Å²) in [6, 6.07) is 8.57. The average molecular weight is 490 g/mol. The Bertz CT molecular complexity index is 1160.